The van der Waals surface area contributed by atoms with Crippen molar-refractivity contribution in [3.63, 3.8) is 0 Å². The number of halogens is 2. The molecule has 1 aliphatic heterocycles. The molecule has 27 heavy (non-hydrogen) atoms. The van der Waals surface area contributed by atoms with Crippen molar-refractivity contribution in [2.24, 2.45) is 5.92 Å². The summed E-state index contributed by atoms with van der Waals surface area (Å²) >= 11 is 5.69. The molecular weight excluding hydrogens is 367 g/mol. The Labute approximate surface area is 163 Å². The Morgan fingerprint density at radius 3 is 2.48 bits per heavy atom. The van der Waals surface area contributed by atoms with Crippen LogP contribution in [-0.4, -0.2) is 29.8 Å². The number of carbonyl (C=O) groups excluding carboxylic acids is 2. The van der Waals surface area contributed by atoms with Crippen LogP contribution in [0, 0.1) is 11.7 Å². The van der Waals surface area contributed by atoms with Crippen LogP contribution in [0.2, 0.25) is 5.02 Å². The molecule has 1 aliphatic rings. The van der Waals surface area contributed by atoms with E-state index in [1.54, 1.807) is 4.90 Å². The van der Waals surface area contributed by atoms with Crippen LogP contribution < -0.4 is 5.32 Å². The van der Waals surface area contributed by atoms with E-state index in [2.05, 4.69) is 17.4 Å². The molecule has 0 atom stereocenters. The second-order valence-corrected chi connectivity index (χ2v) is 7.27. The van der Waals surface area contributed by atoms with Crippen molar-refractivity contribution < 1.29 is 14.0 Å². The summed E-state index contributed by atoms with van der Waals surface area (Å²) in [4.78, 5) is 26.2. The first-order valence-electron chi connectivity index (χ1n) is 9.08. The van der Waals surface area contributed by atoms with Gasteiger partial charge < -0.3 is 10.2 Å². The Hall–Kier alpha value is -2.40. The van der Waals surface area contributed by atoms with Gasteiger partial charge in [-0.15, -0.1) is 0 Å². The highest BCUT2D eigenvalue weighted by atomic mass is 35.5. The third-order valence-corrected chi connectivity index (χ3v) is 5.14. The molecule has 0 aromatic heterocycles. The number of rotatable bonds is 5. The van der Waals surface area contributed by atoms with Crippen molar-refractivity contribution in [1.82, 2.24) is 4.90 Å². The molecular formula is C21H22ClFN2O2. The Morgan fingerprint density at radius 1 is 1.11 bits per heavy atom. The second-order valence-electron chi connectivity index (χ2n) is 6.87. The molecule has 1 N–H and O–H groups in total. The monoisotopic (exact) mass is 388 g/mol. The number of piperidine rings is 1. The van der Waals surface area contributed by atoms with E-state index in [4.69, 9.17) is 11.6 Å². The normalized spacial score (nSPS) is 14.8. The zero-order valence-electron chi connectivity index (χ0n) is 15.0. The minimum absolute atomic E-state index is 0.0698. The quantitative estimate of drug-likeness (QED) is 0.777. The molecule has 2 aromatic carbocycles. The van der Waals surface area contributed by atoms with E-state index in [1.807, 2.05) is 18.2 Å². The predicted molar refractivity (Wildman–Crippen MR) is 104 cm³/mol. The van der Waals surface area contributed by atoms with Crippen LogP contribution in [0.25, 0.3) is 0 Å². The molecule has 2 amide bonds. The van der Waals surface area contributed by atoms with Crippen LogP contribution in [0.5, 0.6) is 0 Å². The summed E-state index contributed by atoms with van der Waals surface area (Å²) in [5.41, 5.74) is 1.69. The van der Waals surface area contributed by atoms with Crippen molar-refractivity contribution >= 4 is 29.1 Å². The SMILES string of the molecule is O=C(CC(=O)N1CCC(Cc2ccccc2)CC1)Nc1ccc(F)c(Cl)c1. The van der Waals surface area contributed by atoms with Gasteiger partial charge in [-0.05, 0) is 48.9 Å². The van der Waals surface area contributed by atoms with Crippen LogP contribution >= 0.6 is 11.6 Å². The minimum Gasteiger partial charge on any atom is -0.342 e. The predicted octanol–water partition coefficient (Wildman–Crippen LogP) is 4.29. The standard InChI is InChI=1S/C21H22ClFN2O2/c22-18-13-17(6-7-19(18)23)24-20(26)14-21(27)25-10-8-16(9-11-25)12-15-4-2-1-3-5-15/h1-7,13,16H,8-12,14H2,(H,24,26). The van der Waals surface area contributed by atoms with Gasteiger partial charge in [-0.2, -0.15) is 0 Å². The van der Waals surface area contributed by atoms with Crippen LogP contribution in [0.4, 0.5) is 10.1 Å². The summed E-state index contributed by atoms with van der Waals surface area (Å²) in [6, 6.07) is 14.3. The summed E-state index contributed by atoms with van der Waals surface area (Å²) in [7, 11) is 0. The smallest absolute Gasteiger partial charge is 0.233 e. The summed E-state index contributed by atoms with van der Waals surface area (Å²) in [5, 5.41) is 2.51. The third-order valence-electron chi connectivity index (χ3n) is 4.85. The maximum absolute atomic E-state index is 13.2. The van der Waals surface area contributed by atoms with Crippen molar-refractivity contribution in [1.29, 1.82) is 0 Å². The molecule has 2 aromatic rings. The topological polar surface area (TPSA) is 49.4 Å². The lowest BCUT2D eigenvalue weighted by Crippen LogP contribution is -2.40. The molecule has 6 heteroatoms. The zero-order chi connectivity index (χ0) is 19.2. The van der Waals surface area contributed by atoms with Crippen molar-refractivity contribution in [2.75, 3.05) is 18.4 Å². The number of nitrogens with zero attached hydrogens (tertiary/aromatic N) is 1. The van der Waals surface area contributed by atoms with Crippen LogP contribution in [0.3, 0.4) is 0 Å². The van der Waals surface area contributed by atoms with E-state index < -0.39 is 11.7 Å². The van der Waals surface area contributed by atoms with Gasteiger partial charge in [-0.25, -0.2) is 4.39 Å². The van der Waals surface area contributed by atoms with Gasteiger partial charge in [0.25, 0.3) is 0 Å². The summed E-state index contributed by atoms with van der Waals surface area (Å²) < 4.78 is 13.2. The molecule has 4 nitrogen and oxygen atoms in total. The van der Waals surface area contributed by atoms with Gasteiger partial charge in [-0.3, -0.25) is 9.59 Å². The molecule has 1 fully saturated rings. The van der Waals surface area contributed by atoms with Gasteiger partial charge in [0.15, 0.2) is 0 Å². The maximum atomic E-state index is 13.2. The Balaban J connectivity index is 1.44. The number of anilines is 1. The molecule has 1 heterocycles. The molecule has 1 saturated heterocycles. The lowest BCUT2D eigenvalue weighted by Gasteiger charge is -2.32. The summed E-state index contributed by atoms with van der Waals surface area (Å²) in [6.07, 6.45) is 2.68. The highest BCUT2D eigenvalue weighted by Crippen LogP contribution is 2.23. The Bertz CT molecular complexity index is 805. The van der Waals surface area contributed by atoms with Gasteiger partial charge in [0.2, 0.25) is 11.8 Å². The number of carbonyl (C=O) groups is 2. The largest absolute Gasteiger partial charge is 0.342 e. The molecule has 0 spiro atoms. The first-order chi connectivity index (χ1) is 13.0. The van der Waals surface area contributed by atoms with E-state index in [0.717, 1.165) is 19.3 Å². The van der Waals surface area contributed by atoms with E-state index in [0.29, 0.717) is 24.7 Å². The van der Waals surface area contributed by atoms with Crippen LogP contribution in [0.1, 0.15) is 24.8 Å². The minimum atomic E-state index is -0.552. The van der Waals surface area contributed by atoms with Crippen molar-refractivity contribution in [3.8, 4) is 0 Å². The van der Waals surface area contributed by atoms with Gasteiger partial charge in [0.1, 0.15) is 12.2 Å². The Morgan fingerprint density at radius 2 is 1.81 bits per heavy atom. The number of likely N-dealkylation sites (tertiary alicyclic amines) is 1. The van der Waals surface area contributed by atoms with E-state index >= 15 is 0 Å². The fraction of sp³-hybridized carbons (Fsp3) is 0.333. The lowest BCUT2D eigenvalue weighted by molar-refractivity contribution is -0.135. The molecule has 0 bridgehead atoms. The molecule has 0 radical (unpaired) electrons. The zero-order valence-corrected chi connectivity index (χ0v) is 15.7. The van der Waals surface area contributed by atoms with Gasteiger partial charge in [-0.1, -0.05) is 41.9 Å². The molecule has 142 valence electrons. The Kier molecular flexibility index (Phi) is 6.45. The van der Waals surface area contributed by atoms with Crippen molar-refractivity contribution in [2.45, 2.75) is 25.7 Å². The lowest BCUT2D eigenvalue weighted by atomic mass is 9.90. The maximum Gasteiger partial charge on any atom is 0.233 e. The fourth-order valence-electron chi connectivity index (χ4n) is 3.36. The number of benzene rings is 2. The second kappa shape index (κ2) is 9.00. The average molecular weight is 389 g/mol. The number of amides is 2. The summed E-state index contributed by atoms with van der Waals surface area (Å²) in [6.45, 7) is 1.35. The fourth-order valence-corrected chi connectivity index (χ4v) is 3.54. The van der Waals surface area contributed by atoms with E-state index in [1.165, 1.54) is 23.8 Å². The third kappa shape index (κ3) is 5.54. The first-order valence-corrected chi connectivity index (χ1v) is 9.45. The highest BCUT2D eigenvalue weighted by Gasteiger charge is 2.24. The number of hydrogen-bond donors (Lipinski definition) is 1. The summed E-state index contributed by atoms with van der Waals surface area (Å²) in [5.74, 6) is -0.594. The molecule has 0 unspecified atom stereocenters. The molecule has 3 rings (SSSR count). The van der Waals surface area contributed by atoms with Gasteiger partial charge in [0.05, 0.1) is 5.02 Å². The first kappa shape index (κ1) is 19.4. The number of nitrogens with one attached hydrogen (secondary N) is 1. The average Bonchev–Trinajstić information content (AvgIpc) is 2.66. The van der Waals surface area contributed by atoms with Gasteiger partial charge in [0, 0.05) is 18.8 Å². The van der Waals surface area contributed by atoms with Crippen molar-refractivity contribution in [3.05, 3.63) is 64.9 Å². The van der Waals surface area contributed by atoms with Crippen LogP contribution in [0.15, 0.2) is 48.5 Å². The van der Waals surface area contributed by atoms with Gasteiger partial charge >= 0.3 is 0 Å². The van der Waals surface area contributed by atoms with Crippen LogP contribution in [-0.2, 0) is 16.0 Å². The number of hydrogen-bond acceptors (Lipinski definition) is 2. The molecule has 0 saturated carbocycles. The highest BCUT2D eigenvalue weighted by molar-refractivity contribution is 6.31. The molecule has 0 aliphatic carbocycles. The van der Waals surface area contributed by atoms with E-state index in [9.17, 15) is 14.0 Å². The van der Waals surface area contributed by atoms with E-state index in [-0.39, 0.29) is 17.4 Å².